The first-order valence-electron chi connectivity index (χ1n) is 16.7. The minimum absolute atomic E-state index is 0.00135. The van der Waals surface area contributed by atoms with Crippen LogP contribution >= 0.6 is 23.2 Å². The quantitative estimate of drug-likeness (QED) is 0.259. The predicted octanol–water partition coefficient (Wildman–Crippen LogP) is 8.14. The molecule has 3 aliphatic rings. The van der Waals surface area contributed by atoms with Crippen molar-refractivity contribution in [3.63, 3.8) is 0 Å². The molecule has 3 aliphatic heterocycles. The van der Waals surface area contributed by atoms with Crippen LogP contribution in [-0.2, 0) is 17.3 Å². The number of ether oxygens (including phenoxy) is 1. The highest BCUT2D eigenvalue weighted by Gasteiger charge is 2.60. The largest absolute Gasteiger partial charge is 0.493 e. The Morgan fingerprint density at radius 1 is 0.878 bits per heavy atom. The molecule has 262 valence electrons. The maximum absolute atomic E-state index is 15.1. The van der Waals surface area contributed by atoms with Gasteiger partial charge in [0.05, 0.1) is 17.7 Å². The number of urea groups is 1. The third-order valence-corrected chi connectivity index (χ3v) is 11.1. The molecule has 0 spiro atoms. The number of amides is 2. The second kappa shape index (κ2) is 13.8. The SMILES string of the molecule is CCOc1cc(C(F)(F)F)ccc1C1=NC(C)(c2ccc(Cl)cc2)C(C)(c2ccc(Cl)cc2)N1C(=O)N1CCC(N2CCN(C)CC2)CC1. The van der Waals surface area contributed by atoms with Gasteiger partial charge in [0.15, 0.2) is 0 Å². The number of piperidine rings is 1. The van der Waals surface area contributed by atoms with E-state index in [1.54, 1.807) is 36.1 Å². The van der Waals surface area contributed by atoms with Crippen LogP contribution in [0.3, 0.4) is 0 Å². The zero-order chi connectivity index (χ0) is 35.1. The topological polar surface area (TPSA) is 51.6 Å². The lowest BCUT2D eigenvalue weighted by Gasteiger charge is -2.48. The summed E-state index contributed by atoms with van der Waals surface area (Å²) in [5, 5.41) is 1.07. The number of alkyl halides is 3. The first kappa shape index (κ1) is 35.5. The van der Waals surface area contributed by atoms with Gasteiger partial charge in [-0.25, -0.2) is 4.79 Å². The van der Waals surface area contributed by atoms with Gasteiger partial charge in [0, 0.05) is 55.4 Å². The lowest BCUT2D eigenvalue weighted by atomic mass is 9.71. The Morgan fingerprint density at radius 2 is 1.45 bits per heavy atom. The molecule has 0 bridgehead atoms. The molecule has 0 radical (unpaired) electrons. The van der Waals surface area contributed by atoms with E-state index < -0.39 is 22.8 Å². The van der Waals surface area contributed by atoms with Crippen molar-refractivity contribution in [2.45, 2.75) is 56.9 Å². The zero-order valence-corrected chi connectivity index (χ0v) is 29.7. The zero-order valence-electron chi connectivity index (χ0n) is 28.2. The number of likely N-dealkylation sites (tertiary alicyclic amines) is 1. The van der Waals surface area contributed by atoms with E-state index in [2.05, 4.69) is 16.8 Å². The first-order chi connectivity index (χ1) is 23.3. The van der Waals surface area contributed by atoms with Crippen molar-refractivity contribution < 1.29 is 22.7 Å². The molecule has 49 heavy (non-hydrogen) atoms. The normalized spacial score (nSPS) is 24.3. The second-order valence-electron chi connectivity index (χ2n) is 13.4. The fourth-order valence-electron chi connectivity index (χ4n) is 7.48. The Labute approximate surface area is 296 Å². The van der Waals surface area contributed by atoms with E-state index in [0.29, 0.717) is 34.7 Å². The molecule has 2 saturated heterocycles. The first-order valence-corrected chi connectivity index (χ1v) is 17.5. The molecule has 3 aromatic carbocycles. The van der Waals surface area contributed by atoms with Crippen LogP contribution in [0.2, 0.25) is 10.0 Å². The fraction of sp³-hybridized carbons (Fsp3) is 0.459. The number of likely N-dealkylation sites (N-methyl/N-ethyl adjacent to an activating group) is 1. The molecule has 2 fully saturated rings. The van der Waals surface area contributed by atoms with Gasteiger partial charge in [0.2, 0.25) is 0 Å². The van der Waals surface area contributed by atoms with Crippen LogP contribution in [0, 0.1) is 0 Å². The smallest absolute Gasteiger partial charge is 0.416 e. The molecule has 12 heteroatoms. The lowest BCUT2D eigenvalue weighted by Crippen LogP contribution is -2.60. The van der Waals surface area contributed by atoms with Crippen molar-refractivity contribution in [1.82, 2.24) is 19.6 Å². The van der Waals surface area contributed by atoms with Gasteiger partial charge < -0.3 is 14.5 Å². The molecule has 0 aliphatic carbocycles. The summed E-state index contributed by atoms with van der Waals surface area (Å²) in [7, 11) is 2.14. The van der Waals surface area contributed by atoms with Gasteiger partial charge in [-0.3, -0.25) is 14.8 Å². The summed E-state index contributed by atoms with van der Waals surface area (Å²) in [6.45, 7) is 10.9. The summed E-state index contributed by atoms with van der Waals surface area (Å²) in [5.41, 5.74) is -1.27. The number of aliphatic imine (C=N–C) groups is 1. The Kier molecular flexibility index (Phi) is 9.98. The summed E-state index contributed by atoms with van der Waals surface area (Å²) < 4.78 is 47.6. The maximum atomic E-state index is 15.1. The number of carbonyl (C=O) groups excluding carboxylic acids is 1. The van der Waals surface area contributed by atoms with Gasteiger partial charge in [-0.2, -0.15) is 13.2 Å². The number of nitrogens with zero attached hydrogens (tertiary/aromatic N) is 5. The predicted molar refractivity (Wildman–Crippen MR) is 188 cm³/mol. The van der Waals surface area contributed by atoms with E-state index in [-0.39, 0.29) is 24.2 Å². The Bertz CT molecular complexity index is 1690. The molecule has 2 atom stereocenters. The monoisotopic (exact) mass is 715 g/mol. The number of carbonyl (C=O) groups is 1. The van der Waals surface area contributed by atoms with Crippen molar-refractivity contribution in [2.24, 2.45) is 4.99 Å². The number of piperazine rings is 1. The van der Waals surface area contributed by atoms with Gasteiger partial charge in [-0.05, 0) is 94.3 Å². The summed E-state index contributed by atoms with van der Waals surface area (Å²) in [6.07, 6.45) is -2.93. The second-order valence-corrected chi connectivity index (χ2v) is 14.3. The summed E-state index contributed by atoms with van der Waals surface area (Å²) in [4.78, 5) is 28.8. The van der Waals surface area contributed by atoms with Gasteiger partial charge in [-0.1, -0.05) is 47.5 Å². The van der Waals surface area contributed by atoms with E-state index in [9.17, 15) is 13.2 Å². The van der Waals surface area contributed by atoms with Crippen LogP contribution in [0.25, 0.3) is 0 Å². The molecule has 3 heterocycles. The van der Waals surface area contributed by atoms with Crippen LogP contribution in [0.5, 0.6) is 5.75 Å². The third kappa shape index (κ3) is 6.65. The van der Waals surface area contributed by atoms with Crippen LogP contribution in [-0.4, -0.2) is 90.4 Å². The van der Waals surface area contributed by atoms with Crippen molar-refractivity contribution >= 4 is 35.1 Å². The van der Waals surface area contributed by atoms with Crippen LogP contribution in [0.4, 0.5) is 18.0 Å². The molecular weight excluding hydrogens is 674 g/mol. The molecule has 7 nitrogen and oxygen atoms in total. The van der Waals surface area contributed by atoms with Crippen LogP contribution in [0.15, 0.2) is 71.7 Å². The van der Waals surface area contributed by atoms with Crippen molar-refractivity contribution in [2.75, 3.05) is 52.9 Å². The van der Waals surface area contributed by atoms with Crippen LogP contribution in [0.1, 0.15) is 55.9 Å². The Hall–Kier alpha value is -3.31. The number of amidine groups is 1. The van der Waals surface area contributed by atoms with E-state index >= 15 is 4.79 Å². The highest BCUT2D eigenvalue weighted by atomic mass is 35.5. The average molecular weight is 717 g/mol. The number of hydrogen-bond acceptors (Lipinski definition) is 5. The summed E-state index contributed by atoms with van der Waals surface area (Å²) in [5.74, 6) is 0.236. The minimum Gasteiger partial charge on any atom is -0.493 e. The molecule has 2 amide bonds. The van der Waals surface area contributed by atoms with Gasteiger partial charge >= 0.3 is 12.2 Å². The molecule has 0 aromatic heterocycles. The number of rotatable bonds is 6. The van der Waals surface area contributed by atoms with Gasteiger partial charge in [-0.15, -0.1) is 0 Å². The maximum Gasteiger partial charge on any atom is 0.416 e. The highest BCUT2D eigenvalue weighted by Crippen LogP contribution is 2.54. The number of benzene rings is 3. The van der Waals surface area contributed by atoms with Crippen molar-refractivity contribution in [1.29, 1.82) is 0 Å². The molecule has 2 unspecified atom stereocenters. The molecule has 3 aromatic rings. The summed E-state index contributed by atoms with van der Waals surface area (Å²) in [6, 6.07) is 18.1. The summed E-state index contributed by atoms with van der Waals surface area (Å²) >= 11 is 12.7. The molecular formula is C37H42Cl2F3N5O2. The number of hydrogen-bond donors (Lipinski definition) is 0. The van der Waals surface area contributed by atoms with E-state index in [4.69, 9.17) is 32.9 Å². The highest BCUT2D eigenvalue weighted by molar-refractivity contribution is 6.30. The standard InChI is InChI=1S/C37H42Cl2F3N5O2/c1-5-49-32-24-27(37(40,41)42)10-15-31(32)33-43-35(2,25-6-11-28(38)12-7-25)36(3,26-8-13-29(39)14-9-26)47(33)34(48)46-18-16-30(17-19-46)45-22-20-44(4)21-23-45/h6-15,24,30H,5,16-23H2,1-4H3. The fourth-order valence-corrected chi connectivity index (χ4v) is 7.73. The van der Waals surface area contributed by atoms with E-state index in [1.165, 1.54) is 6.07 Å². The molecule has 0 saturated carbocycles. The minimum atomic E-state index is -4.58. The van der Waals surface area contributed by atoms with E-state index in [1.807, 2.05) is 43.0 Å². The van der Waals surface area contributed by atoms with E-state index in [0.717, 1.165) is 62.3 Å². The molecule has 6 rings (SSSR count). The van der Waals surface area contributed by atoms with Crippen LogP contribution < -0.4 is 4.74 Å². The Morgan fingerprint density at radius 3 is 2.00 bits per heavy atom. The third-order valence-electron chi connectivity index (χ3n) is 10.6. The lowest BCUT2D eigenvalue weighted by molar-refractivity contribution is -0.137. The van der Waals surface area contributed by atoms with Crippen molar-refractivity contribution in [3.8, 4) is 5.75 Å². The number of halogens is 5. The molecule has 0 N–H and O–H groups in total. The van der Waals surface area contributed by atoms with Gasteiger partial charge in [0.1, 0.15) is 22.7 Å². The Balaban J connectivity index is 1.48. The van der Waals surface area contributed by atoms with Gasteiger partial charge in [0.25, 0.3) is 0 Å². The van der Waals surface area contributed by atoms with Crippen molar-refractivity contribution in [3.05, 3.63) is 99.0 Å². The average Bonchev–Trinajstić information content (AvgIpc) is 3.33.